The molecule has 1 aliphatic rings. The van der Waals surface area contributed by atoms with Crippen LogP contribution in [0.4, 0.5) is 0 Å². The molecule has 1 saturated heterocycles. The fraction of sp³-hybridized carbons (Fsp3) is 0.833. The summed E-state index contributed by atoms with van der Waals surface area (Å²) < 4.78 is 5.08. The average molecular weight is 165 g/mol. The Balaban J connectivity index is 2.56. The number of halogens is 1. The van der Waals surface area contributed by atoms with Crippen LogP contribution in [0.25, 0.3) is 0 Å². The molecule has 0 N–H and O–H groups in total. The molecule has 0 radical (unpaired) electrons. The quantitative estimate of drug-likeness (QED) is 0.489. The smallest absolute Gasteiger partial charge is 0.328 e. The van der Waals surface area contributed by atoms with Crippen molar-refractivity contribution < 1.29 is 13.5 Å². The molecular formula is C6H11ClNO2+. The zero-order valence-electron chi connectivity index (χ0n) is 5.97. The van der Waals surface area contributed by atoms with Crippen LogP contribution in [-0.4, -0.2) is 36.2 Å². The maximum atomic E-state index is 10.9. The van der Waals surface area contributed by atoms with E-state index in [1.54, 1.807) is 0 Å². The molecule has 0 spiro atoms. The Morgan fingerprint density at radius 3 is 2.30 bits per heavy atom. The van der Waals surface area contributed by atoms with Gasteiger partial charge in [-0.1, -0.05) is 0 Å². The minimum absolute atomic E-state index is 0.00460. The third-order valence-electron chi connectivity index (χ3n) is 1.74. The number of hydrogen-bond donors (Lipinski definition) is 0. The highest BCUT2D eigenvalue weighted by molar-refractivity contribution is 6.11. The number of nitrogens with zero attached hydrogens (tertiary/aromatic N) is 1. The van der Waals surface area contributed by atoms with Crippen LogP contribution in [0.2, 0.25) is 0 Å². The van der Waals surface area contributed by atoms with Crippen molar-refractivity contribution in [3.8, 4) is 0 Å². The van der Waals surface area contributed by atoms with Crippen molar-refractivity contribution in [3.05, 3.63) is 0 Å². The minimum Gasteiger partial charge on any atom is -0.370 e. The lowest BCUT2D eigenvalue weighted by molar-refractivity contribution is -0.747. The van der Waals surface area contributed by atoms with Crippen molar-refractivity contribution >= 4 is 17.7 Å². The number of amides is 1. The van der Waals surface area contributed by atoms with Crippen molar-refractivity contribution in [1.82, 2.24) is 0 Å². The standard InChI is InChI=1S/C6H11ClNO2/c1-6(9)8(7)2-4-10-5-3-8/h2-5H2,1H3/q+1. The summed E-state index contributed by atoms with van der Waals surface area (Å²) in [5.41, 5.74) is 0. The molecule has 1 rings (SSSR count). The zero-order chi connectivity index (χ0) is 7.61. The number of carbonyl (C=O) groups excluding carboxylic acids is 1. The summed E-state index contributed by atoms with van der Waals surface area (Å²) >= 11 is 5.92. The predicted molar refractivity (Wildman–Crippen MR) is 37.3 cm³/mol. The minimum atomic E-state index is 0.00460. The van der Waals surface area contributed by atoms with E-state index in [1.165, 1.54) is 6.92 Å². The molecule has 1 aliphatic heterocycles. The highest BCUT2D eigenvalue weighted by Gasteiger charge is 2.34. The van der Waals surface area contributed by atoms with Crippen molar-refractivity contribution in [3.63, 3.8) is 0 Å². The summed E-state index contributed by atoms with van der Waals surface area (Å²) in [5, 5.41) is 0. The maximum Gasteiger partial charge on any atom is 0.328 e. The van der Waals surface area contributed by atoms with Crippen molar-refractivity contribution in [2.24, 2.45) is 0 Å². The number of hydrogen-bond acceptors (Lipinski definition) is 2. The van der Waals surface area contributed by atoms with Crippen molar-refractivity contribution in [1.29, 1.82) is 0 Å². The monoisotopic (exact) mass is 164 g/mol. The molecule has 0 aliphatic carbocycles. The number of morpholine rings is 1. The summed E-state index contributed by atoms with van der Waals surface area (Å²) in [6, 6.07) is 0. The lowest BCUT2D eigenvalue weighted by Crippen LogP contribution is -2.50. The second-order valence-electron chi connectivity index (χ2n) is 2.44. The number of quaternary nitrogens is 1. The first-order valence-electron chi connectivity index (χ1n) is 3.31. The van der Waals surface area contributed by atoms with E-state index in [1.807, 2.05) is 0 Å². The van der Waals surface area contributed by atoms with Crippen LogP contribution in [0.1, 0.15) is 6.92 Å². The van der Waals surface area contributed by atoms with Gasteiger partial charge in [0.2, 0.25) is 0 Å². The van der Waals surface area contributed by atoms with E-state index in [4.69, 9.17) is 16.5 Å². The molecule has 4 heteroatoms. The van der Waals surface area contributed by atoms with Crippen LogP contribution in [-0.2, 0) is 9.53 Å². The average Bonchev–Trinajstić information content (AvgIpc) is 1.89. The Morgan fingerprint density at radius 2 is 2.00 bits per heavy atom. The Bertz CT molecular complexity index is 143. The Hall–Kier alpha value is -0.120. The lowest BCUT2D eigenvalue weighted by atomic mass is 10.4. The Labute approximate surface area is 65.2 Å². The normalized spacial score (nSPS) is 24.2. The molecule has 0 saturated carbocycles. The molecule has 1 amide bonds. The highest BCUT2D eigenvalue weighted by atomic mass is 35.5. The van der Waals surface area contributed by atoms with Crippen LogP contribution < -0.4 is 0 Å². The zero-order valence-corrected chi connectivity index (χ0v) is 6.73. The number of rotatable bonds is 0. The molecule has 10 heavy (non-hydrogen) atoms. The molecule has 0 atom stereocenters. The summed E-state index contributed by atoms with van der Waals surface area (Å²) in [7, 11) is 0. The van der Waals surface area contributed by atoms with E-state index in [2.05, 4.69) is 0 Å². The van der Waals surface area contributed by atoms with Crippen LogP contribution in [0.5, 0.6) is 0 Å². The van der Waals surface area contributed by atoms with Crippen LogP contribution in [0, 0.1) is 0 Å². The van der Waals surface area contributed by atoms with Gasteiger partial charge in [-0.05, 0) is 0 Å². The van der Waals surface area contributed by atoms with Crippen molar-refractivity contribution in [2.75, 3.05) is 26.3 Å². The first-order valence-corrected chi connectivity index (χ1v) is 3.64. The molecule has 0 bridgehead atoms. The largest absolute Gasteiger partial charge is 0.370 e. The summed E-state index contributed by atoms with van der Waals surface area (Å²) in [6.07, 6.45) is 0. The molecule has 0 aromatic carbocycles. The Kier molecular flexibility index (Phi) is 2.28. The van der Waals surface area contributed by atoms with Gasteiger partial charge in [-0.15, -0.1) is 0 Å². The van der Waals surface area contributed by atoms with E-state index >= 15 is 0 Å². The van der Waals surface area contributed by atoms with Gasteiger partial charge in [0.25, 0.3) is 0 Å². The second kappa shape index (κ2) is 2.86. The molecule has 1 heterocycles. The molecular weight excluding hydrogens is 154 g/mol. The molecule has 0 aromatic rings. The number of carbonyl (C=O) groups is 1. The fourth-order valence-corrected chi connectivity index (χ4v) is 1.09. The SMILES string of the molecule is CC(=O)[N+]1(Cl)CCOCC1. The second-order valence-corrected chi connectivity index (χ2v) is 3.09. The number of ether oxygens (including phenoxy) is 1. The van der Waals surface area contributed by atoms with E-state index in [0.29, 0.717) is 26.3 Å². The van der Waals surface area contributed by atoms with E-state index < -0.39 is 0 Å². The van der Waals surface area contributed by atoms with Crippen LogP contribution in [0.3, 0.4) is 0 Å². The van der Waals surface area contributed by atoms with Gasteiger partial charge in [-0.25, -0.2) is 4.79 Å². The fourth-order valence-electron chi connectivity index (χ4n) is 0.947. The Morgan fingerprint density at radius 1 is 1.50 bits per heavy atom. The molecule has 58 valence electrons. The lowest BCUT2D eigenvalue weighted by Gasteiger charge is -2.28. The van der Waals surface area contributed by atoms with Gasteiger partial charge >= 0.3 is 5.91 Å². The first-order chi connectivity index (χ1) is 4.65. The van der Waals surface area contributed by atoms with Gasteiger partial charge in [0, 0.05) is 0 Å². The van der Waals surface area contributed by atoms with Gasteiger partial charge in [0.15, 0.2) is 11.8 Å². The highest BCUT2D eigenvalue weighted by Crippen LogP contribution is 2.15. The molecule has 1 fully saturated rings. The van der Waals surface area contributed by atoms with E-state index in [9.17, 15) is 4.79 Å². The van der Waals surface area contributed by atoms with Gasteiger partial charge < -0.3 is 4.74 Å². The third kappa shape index (κ3) is 1.48. The van der Waals surface area contributed by atoms with E-state index in [-0.39, 0.29) is 9.91 Å². The molecule has 0 unspecified atom stereocenters. The van der Waals surface area contributed by atoms with Gasteiger partial charge in [0.1, 0.15) is 13.1 Å². The van der Waals surface area contributed by atoms with Gasteiger partial charge in [-0.3, -0.25) is 0 Å². The predicted octanol–water partition coefficient (Wildman–Crippen LogP) is 0.534. The van der Waals surface area contributed by atoms with Crippen molar-refractivity contribution in [2.45, 2.75) is 6.92 Å². The molecule has 3 nitrogen and oxygen atoms in total. The summed E-state index contributed by atoms with van der Waals surface area (Å²) in [6.45, 7) is 3.87. The van der Waals surface area contributed by atoms with Gasteiger partial charge in [-0.2, -0.15) is 4.00 Å². The topological polar surface area (TPSA) is 26.3 Å². The summed E-state index contributed by atoms with van der Waals surface area (Å²) in [4.78, 5) is 10.9. The van der Waals surface area contributed by atoms with Gasteiger partial charge in [0.05, 0.1) is 20.1 Å². The van der Waals surface area contributed by atoms with E-state index in [0.717, 1.165) is 0 Å². The first kappa shape index (κ1) is 7.98. The van der Waals surface area contributed by atoms with Crippen LogP contribution in [0.15, 0.2) is 0 Å². The molecule has 0 aromatic heterocycles. The third-order valence-corrected chi connectivity index (χ3v) is 2.32. The van der Waals surface area contributed by atoms with Crippen LogP contribution >= 0.6 is 11.8 Å². The summed E-state index contributed by atoms with van der Waals surface area (Å²) in [5.74, 6) is 0.00460. The maximum absolute atomic E-state index is 10.9.